The van der Waals surface area contributed by atoms with Crippen LogP contribution >= 0.6 is 35.4 Å². The predicted molar refractivity (Wildman–Crippen MR) is 114 cm³/mol. The van der Waals surface area contributed by atoms with Gasteiger partial charge in [0.1, 0.15) is 0 Å². The van der Waals surface area contributed by atoms with Crippen LogP contribution in [0.2, 0.25) is 10.0 Å². The monoisotopic (exact) mass is 404 g/mol. The van der Waals surface area contributed by atoms with Crippen molar-refractivity contribution in [1.82, 2.24) is 9.78 Å². The second-order valence-electron chi connectivity index (χ2n) is 5.97. The number of benzene rings is 2. The molecule has 2 aromatic carbocycles. The third-order valence-electron chi connectivity index (χ3n) is 3.93. The number of rotatable bonds is 4. The van der Waals surface area contributed by atoms with Crippen LogP contribution < -0.4 is 10.6 Å². The van der Waals surface area contributed by atoms with E-state index in [9.17, 15) is 0 Å². The van der Waals surface area contributed by atoms with Crippen LogP contribution in [-0.2, 0) is 6.54 Å². The topological polar surface area (TPSA) is 41.9 Å². The van der Waals surface area contributed by atoms with Gasteiger partial charge in [-0.2, -0.15) is 5.10 Å². The Labute approximate surface area is 168 Å². The van der Waals surface area contributed by atoms with E-state index in [0.717, 1.165) is 22.5 Å². The minimum absolute atomic E-state index is 0.499. The molecule has 0 saturated heterocycles. The molecule has 0 aliphatic rings. The molecule has 0 unspecified atom stereocenters. The normalized spacial score (nSPS) is 10.6. The fraction of sp³-hybridized carbons (Fsp3) is 0.158. The molecule has 2 N–H and O–H groups in total. The Morgan fingerprint density at radius 2 is 1.81 bits per heavy atom. The average Bonchev–Trinajstić information content (AvgIpc) is 2.92. The summed E-state index contributed by atoms with van der Waals surface area (Å²) < 4.78 is 1.89. The zero-order valence-electron chi connectivity index (χ0n) is 14.4. The lowest BCUT2D eigenvalue weighted by Gasteiger charge is -2.10. The molecule has 0 fully saturated rings. The Bertz CT molecular complexity index is 952. The summed E-state index contributed by atoms with van der Waals surface area (Å²) in [4.78, 5) is 0. The number of aryl methyl sites for hydroxylation is 2. The lowest BCUT2D eigenvalue weighted by atomic mass is 10.2. The molecule has 0 saturated carbocycles. The smallest absolute Gasteiger partial charge is 0.176 e. The largest absolute Gasteiger partial charge is 0.332 e. The maximum atomic E-state index is 6.08. The van der Waals surface area contributed by atoms with Crippen LogP contribution in [-0.4, -0.2) is 14.9 Å². The van der Waals surface area contributed by atoms with Gasteiger partial charge in [0.05, 0.1) is 16.6 Å². The van der Waals surface area contributed by atoms with Crippen molar-refractivity contribution in [2.45, 2.75) is 20.4 Å². The summed E-state index contributed by atoms with van der Waals surface area (Å²) >= 11 is 17.4. The summed E-state index contributed by atoms with van der Waals surface area (Å²) in [6, 6.07) is 15.5. The molecule has 1 heterocycles. The molecule has 0 spiro atoms. The fourth-order valence-electron chi connectivity index (χ4n) is 2.53. The highest BCUT2D eigenvalue weighted by Gasteiger charge is 2.08. The number of thiocarbonyl (C=S) groups is 1. The second-order valence-corrected chi connectivity index (χ2v) is 7.19. The van der Waals surface area contributed by atoms with Gasteiger partial charge in [-0.15, -0.1) is 0 Å². The summed E-state index contributed by atoms with van der Waals surface area (Å²) in [6.07, 6.45) is 0. The van der Waals surface area contributed by atoms with E-state index < -0.39 is 0 Å². The maximum Gasteiger partial charge on any atom is 0.176 e. The standard InChI is InChI=1S/C19H18Cl2N4S/c1-12-5-3-4-6-17(12)22-19(26)23-18-9-13(2)25(24-18)11-14-7-8-15(20)16(21)10-14/h3-10H,11H2,1-2H3,(H2,22,23,24,26). The molecule has 3 aromatic rings. The van der Waals surface area contributed by atoms with Gasteiger partial charge in [0, 0.05) is 17.4 Å². The molecule has 26 heavy (non-hydrogen) atoms. The Balaban J connectivity index is 1.68. The summed E-state index contributed by atoms with van der Waals surface area (Å²) in [5, 5.41) is 12.5. The number of anilines is 2. The SMILES string of the molecule is Cc1ccccc1NC(=S)Nc1cc(C)n(Cc2ccc(Cl)c(Cl)c2)n1. The van der Waals surface area contributed by atoms with Crippen LogP contribution in [0, 0.1) is 13.8 Å². The lowest BCUT2D eigenvalue weighted by Crippen LogP contribution is -2.20. The summed E-state index contributed by atoms with van der Waals surface area (Å²) in [5.74, 6) is 0.689. The molecule has 0 aliphatic carbocycles. The van der Waals surface area contributed by atoms with Crippen molar-refractivity contribution in [3.63, 3.8) is 0 Å². The second kappa shape index (κ2) is 8.08. The number of hydrogen-bond acceptors (Lipinski definition) is 2. The molecular formula is C19H18Cl2N4S. The van der Waals surface area contributed by atoms with Crippen molar-refractivity contribution in [3.8, 4) is 0 Å². The molecule has 0 atom stereocenters. The van der Waals surface area contributed by atoms with Gasteiger partial charge in [-0.3, -0.25) is 4.68 Å². The first-order valence-corrected chi connectivity index (χ1v) is 9.21. The van der Waals surface area contributed by atoms with E-state index >= 15 is 0 Å². The molecule has 0 radical (unpaired) electrons. The molecule has 0 amide bonds. The number of aromatic nitrogens is 2. The van der Waals surface area contributed by atoms with Crippen molar-refractivity contribution < 1.29 is 0 Å². The van der Waals surface area contributed by atoms with Crippen LogP contribution in [0.5, 0.6) is 0 Å². The van der Waals surface area contributed by atoms with Crippen molar-refractivity contribution in [1.29, 1.82) is 0 Å². The van der Waals surface area contributed by atoms with Gasteiger partial charge in [-0.25, -0.2) is 0 Å². The third-order valence-corrected chi connectivity index (χ3v) is 4.88. The molecule has 0 bridgehead atoms. The zero-order valence-corrected chi connectivity index (χ0v) is 16.7. The van der Waals surface area contributed by atoms with Crippen molar-refractivity contribution >= 4 is 52.0 Å². The third kappa shape index (κ3) is 4.55. The van der Waals surface area contributed by atoms with Crippen LogP contribution in [0.1, 0.15) is 16.8 Å². The van der Waals surface area contributed by atoms with Crippen LogP contribution in [0.25, 0.3) is 0 Å². The molecular weight excluding hydrogens is 387 g/mol. The average molecular weight is 405 g/mol. The molecule has 4 nitrogen and oxygen atoms in total. The van der Waals surface area contributed by atoms with Gasteiger partial charge in [0.2, 0.25) is 0 Å². The van der Waals surface area contributed by atoms with E-state index in [1.807, 2.05) is 61.0 Å². The van der Waals surface area contributed by atoms with Crippen molar-refractivity contribution in [3.05, 3.63) is 75.4 Å². The maximum absolute atomic E-state index is 6.08. The lowest BCUT2D eigenvalue weighted by molar-refractivity contribution is 0.668. The minimum Gasteiger partial charge on any atom is -0.332 e. The van der Waals surface area contributed by atoms with Crippen LogP contribution in [0.3, 0.4) is 0 Å². The zero-order chi connectivity index (χ0) is 18.7. The number of nitrogens with zero attached hydrogens (tertiary/aromatic N) is 2. The van der Waals surface area contributed by atoms with Crippen LogP contribution in [0.15, 0.2) is 48.5 Å². The van der Waals surface area contributed by atoms with E-state index in [1.165, 1.54) is 0 Å². The summed E-state index contributed by atoms with van der Waals surface area (Å²) in [7, 11) is 0. The molecule has 134 valence electrons. The summed E-state index contributed by atoms with van der Waals surface area (Å²) in [5.41, 5.74) is 4.13. The quantitative estimate of drug-likeness (QED) is 0.550. The first-order valence-electron chi connectivity index (χ1n) is 8.04. The van der Waals surface area contributed by atoms with Gasteiger partial charge in [-0.1, -0.05) is 47.5 Å². The molecule has 0 aliphatic heterocycles. The number of nitrogens with one attached hydrogen (secondary N) is 2. The fourth-order valence-corrected chi connectivity index (χ4v) is 3.06. The van der Waals surface area contributed by atoms with Crippen LogP contribution in [0.4, 0.5) is 11.5 Å². The van der Waals surface area contributed by atoms with Gasteiger partial charge in [0.15, 0.2) is 10.9 Å². The van der Waals surface area contributed by atoms with E-state index in [4.69, 9.17) is 35.4 Å². The molecule has 3 rings (SSSR count). The first kappa shape index (κ1) is 18.7. The van der Waals surface area contributed by atoms with E-state index in [-0.39, 0.29) is 0 Å². The minimum atomic E-state index is 0.499. The van der Waals surface area contributed by atoms with Gasteiger partial charge < -0.3 is 10.6 Å². The first-order chi connectivity index (χ1) is 12.4. The van der Waals surface area contributed by atoms with Gasteiger partial charge in [0.25, 0.3) is 0 Å². The van der Waals surface area contributed by atoms with E-state index in [1.54, 1.807) is 6.07 Å². The summed E-state index contributed by atoms with van der Waals surface area (Å²) in [6.45, 7) is 4.62. The number of hydrogen-bond donors (Lipinski definition) is 2. The Morgan fingerprint density at radius 1 is 1.04 bits per heavy atom. The van der Waals surface area contributed by atoms with Gasteiger partial charge in [-0.05, 0) is 55.4 Å². The van der Waals surface area contributed by atoms with Gasteiger partial charge >= 0.3 is 0 Å². The highest BCUT2D eigenvalue weighted by molar-refractivity contribution is 7.80. The Hall–Kier alpha value is -2.08. The number of para-hydroxylation sites is 1. The molecule has 1 aromatic heterocycles. The predicted octanol–water partition coefficient (Wildman–Crippen LogP) is 5.66. The van der Waals surface area contributed by atoms with Crippen molar-refractivity contribution in [2.24, 2.45) is 0 Å². The highest BCUT2D eigenvalue weighted by atomic mass is 35.5. The Morgan fingerprint density at radius 3 is 2.54 bits per heavy atom. The van der Waals surface area contributed by atoms with E-state index in [0.29, 0.717) is 27.5 Å². The van der Waals surface area contributed by atoms with E-state index in [2.05, 4.69) is 15.7 Å². The molecule has 7 heteroatoms. The number of halogens is 2. The Kier molecular flexibility index (Phi) is 5.81. The van der Waals surface area contributed by atoms with Crippen molar-refractivity contribution in [2.75, 3.05) is 10.6 Å². The highest BCUT2D eigenvalue weighted by Crippen LogP contribution is 2.23.